The van der Waals surface area contributed by atoms with Crippen LogP contribution in [0.2, 0.25) is 5.02 Å². The van der Waals surface area contributed by atoms with Gasteiger partial charge in [0.1, 0.15) is 0 Å². The maximum atomic E-state index is 12.5. The minimum Gasteiger partial charge on any atom is -0.320 e. The first-order valence-electron chi connectivity index (χ1n) is 8.34. The molecule has 0 saturated heterocycles. The zero-order valence-corrected chi connectivity index (χ0v) is 16.8. The number of rotatable bonds is 6. The Hall–Kier alpha value is -1.89. The quantitative estimate of drug-likeness (QED) is 0.767. The van der Waals surface area contributed by atoms with E-state index in [4.69, 9.17) is 11.6 Å². The van der Waals surface area contributed by atoms with Crippen molar-refractivity contribution in [3.8, 4) is 0 Å². The van der Waals surface area contributed by atoms with E-state index in [1.165, 1.54) is 24.3 Å². The number of sulfonamides is 1. The molecule has 7 heteroatoms. The highest BCUT2D eigenvalue weighted by atomic mass is 35.5. The van der Waals surface area contributed by atoms with Crippen molar-refractivity contribution in [2.75, 3.05) is 5.32 Å². The molecule has 0 fully saturated rings. The van der Waals surface area contributed by atoms with Crippen LogP contribution in [0.5, 0.6) is 0 Å². The number of nitrogens with one attached hydrogen (secondary N) is 2. The first-order valence-corrected chi connectivity index (χ1v) is 10.2. The molecule has 0 aliphatic carbocycles. The number of carbonyl (C=O) groups excluding carboxylic acids is 1. The van der Waals surface area contributed by atoms with Crippen LogP contribution < -0.4 is 10.0 Å². The molecule has 0 spiro atoms. The molecule has 2 aromatic carbocycles. The normalized spacial score (nSPS) is 12.7. The maximum Gasteiger partial charge on any atom is 0.255 e. The molecule has 0 aromatic heterocycles. The minimum atomic E-state index is -3.59. The van der Waals surface area contributed by atoms with Crippen molar-refractivity contribution < 1.29 is 13.2 Å². The van der Waals surface area contributed by atoms with Crippen LogP contribution in [0.3, 0.4) is 0 Å². The summed E-state index contributed by atoms with van der Waals surface area (Å²) in [5.74, 6) is -0.349. The van der Waals surface area contributed by atoms with Crippen molar-refractivity contribution in [3.05, 3.63) is 58.1 Å². The number of amides is 1. The summed E-state index contributed by atoms with van der Waals surface area (Å²) in [5.41, 5.74) is 2.77. The minimum absolute atomic E-state index is 0.124. The smallest absolute Gasteiger partial charge is 0.255 e. The first kappa shape index (κ1) is 20.4. The van der Waals surface area contributed by atoms with Crippen LogP contribution in [-0.4, -0.2) is 20.4 Å². The molecule has 0 bridgehead atoms. The molecule has 1 amide bonds. The zero-order valence-electron chi connectivity index (χ0n) is 15.3. The van der Waals surface area contributed by atoms with Gasteiger partial charge >= 0.3 is 0 Å². The molecule has 2 N–H and O–H groups in total. The second-order valence-electron chi connectivity index (χ2n) is 6.35. The van der Waals surface area contributed by atoms with Crippen molar-refractivity contribution in [2.24, 2.45) is 0 Å². The van der Waals surface area contributed by atoms with E-state index in [0.29, 0.717) is 22.7 Å². The second-order valence-corrected chi connectivity index (χ2v) is 8.47. The molecule has 140 valence electrons. The third-order valence-electron chi connectivity index (χ3n) is 4.07. The standard InChI is InChI=1S/C19H23ClN2O3S/c1-5-14(4)22-26(24,25)16-8-6-15(7-9-16)19(23)21-18-13(3)10-12(2)11-17(18)20/h6-11,14,22H,5H2,1-4H3,(H,21,23). The van der Waals surface area contributed by atoms with Gasteiger partial charge in [-0.05, 0) is 68.7 Å². The molecule has 0 radical (unpaired) electrons. The molecule has 0 aliphatic heterocycles. The fourth-order valence-electron chi connectivity index (χ4n) is 2.46. The fourth-order valence-corrected chi connectivity index (χ4v) is 4.16. The topological polar surface area (TPSA) is 75.3 Å². The van der Waals surface area contributed by atoms with Crippen LogP contribution in [0, 0.1) is 13.8 Å². The summed E-state index contributed by atoms with van der Waals surface area (Å²) >= 11 is 6.21. The average molecular weight is 395 g/mol. The molecule has 26 heavy (non-hydrogen) atoms. The van der Waals surface area contributed by atoms with Crippen molar-refractivity contribution in [1.82, 2.24) is 4.72 Å². The predicted octanol–water partition coefficient (Wildman–Crippen LogP) is 4.29. The second kappa shape index (κ2) is 8.20. The Morgan fingerprint density at radius 2 is 1.77 bits per heavy atom. The van der Waals surface area contributed by atoms with Crippen LogP contribution in [0.1, 0.15) is 41.8 Å². The number of carbonyl (C=O) groups is 1. The highest BCUT2D eigenvalue weighted by Crippen LogP contribution is 2.27. The van der Waals surface area contributed by atoms with Gasteiger partial charge in [0, 0.05) is 11.6 Å². The number of aryl methyl sites for hydroxylation is 2. The van der Waals surface area contributed by atoms with Crippen molar-refractivity contribution in [1.29, 1.82) is 0 Å². The zero-order chi connectivity index (χ0) is 19.5. The molecule has 0 saturated carbocycles. The van der Waals surface area contributed by atoms with Gasteiger partial charge in [-0.15, -0.1) is 0 Å². The number of hydrogen-bond donors (Lipinski definition) is 2. The van der Waals surface area contributed by atoms with Crippen LogP contribution >= 0.6 is 11.6 Å². The largest absolute Gasteiger partial charge is 0.320 e. The summed E-state index contributed by atoms with van der Waals surface area (Å²) in [6, 6.07) is 9.36. The lowest BCUT2D eigenvalue weighted by Gasteiger charge is -2.13. The molecule has 2 rings (SSSR count). The maximum absolute atomic E-state index is 12.5. The van der Waals surface area contributed by atoms with E-state index in [1.54, 1.807) is 13.0 Å². The fraction of sp³-hybridized carbons (Fsp3) is 0.316. The van der Waals surface area contributed by atoms with E-state index in [9.17, 15) is 13.2 Å². The Labute approximate surface area is 159 Å². The number of anilines is 1. The Kier molecular flexibility index (Phi) is 6.44. The Morgan fingerprint density at radius 1 is 1.15 bits per heavy atom. The van der Waals surface area contributed by atoms with Gasteiger partial charge in [-0.1, -0.05) is 24.6 Å². The van der Waals surface area contributed by atoms with Crippen molar-refractivity contribution >= 4 is 33.2 Å². The van der Waals surface area contributed by atoms with Crippen LogP contribution in [0.25, 0.3) is 0 Å². The van der Waals surface area contributed by atoms with E-state index in [1.807, 2.05) is 26.8 Å². The van der Waals surface area contributed by atoms with Gasteiger partial charge in [-0.25, -0.2) is 13.1 Å². The van der Waals surface area contributed by atoms with Crippen molar-refractivity contribution in [3.63, 3.8) is 0 Å². The van der Waals surface area contributed by atoms with Gasteiger partial charge in [-0.2, -0.15) is 0 Å². The van der Waals surface area contributed by atoms with Crippen molar-refractivity contribution in [2.45, 2.75) is 45.1 Å². The van der Waals surface area contributed by atoms with Gasteiger partial charge in [0.25, 0.3) is 5.91 Å². The van der Waals surface area contributed by atoms with E-state index in [2.05, 4.69) is 10.0 Å². The SMILES string of the molecule is CCC(C)NS(=O)(=O)c1ccc(C(=O)Nc2c(C)cc(C)cc2Cl)cc1. The summed E-state index contributed by atoms with van der Waals surface area (Å²) in [7, 11) is -3.59. The van der Waals surface area contributed by atoms with Crippen LogP contribution in [0.4, 0.5) is 5.69 Å². The molecule has 1 unspecified atom stereocenters. The molecule has 1 atom stereocenters. The van der Waals surface area contributed by atoms with E-state index in [0.717, 1.165) is 11.1 Å². The lowest BCUT2D eigenvalue weighted by Crippen LogP contribution is -2.32. The monoisotopic (exact) mass is 394 g/mol. The molecule has 5 nitrogen and oxygen atoms in total. The molecule has 0 heterocycles. The molecular weight excluding hydrogens is 372 g/mol. The Bertz CT molecular complexity index is 886. The average Bonchev–Trinajstić information content (AvgIpc) is 2.57. The van der Waals surface area contributed by atoms with Gasteiger partial charge in [-0.3, -0.25) is 4.79 Å². The lowest BCUT2D eigenvalue weighted by molar-refractivity contribution is 0.102. The van der Waals surface area contributed by atoms with E-state index >= 15 is 0 Å². The number of hydrogen-bond acceptors (Lipinski definition) is 3. The summed E-state index contributed by atoms with van der Waals surface area (Å²) in [4.78, 5) is 12.6. The predicted molar refractivity (Wildman–Crippen MR) is 105 cm³/mol. The number of halogens is 1. The van der Waals surface area contributed by atoms with E-state index in [-0.39, 0.29) is 16.8 Å². The van der Waals surface area contributed by atoms with Gasteiger partial charge in [0.05, 0.1) is 15.6 Å². The summed E-state index contributed by atoms with van der Waals surface area (Å²) in [6.45, 7) is 7.49. The van der Waals surface area contributed by atoms with Crippen LogP contribution in [-0.2, 0) is 10.0 Å². The summed E-state index contributed by atoms with van der Waals surface area (Å²) < 4.78 is 27.1. The lowest BCUT2D eigenvalue weighted by atomic mass is 10.1. The number of benzene rings is 2. The van der Waals surface area contributed by atoms with Gasteiger partial charge in [0.15, 0.2) is 0 Å². The molecular formula is C19H23ClN2O3S. The van der Waals surface area contributed by atoms with Gasteiger partial charge < -0.3 is 5.32 Å². The first-order chi connectivity index (χ1) is 12.1. The summed E-state index contributed by atoms with van der Waals surface area (Å²) in [6.07, 6.45) is 0.691. The Balaban J connectivity index is 2.20. The van der Waals surface area contributed by atoms with Gasteiger partial charge in [0.2, 0.25) is 10.0 Å². The molecule has 2 aromatic rings. The van der Waals surface area contributed by atoms with E-state index < -0.39 is 10.0 Å². The third-order valence-corrected chi connectivity index (χ3v) is 5.97. The highest BCUT2D eigenvalue weighted by Gasteiger charge is 2.17. The molecule has 0 aliphatic rings. The third kappa shape index (κ3) is 4.84. The summed E-state index contributed by atoms with van der Waals surface area (Å²) in [5, 5.41) is 3.25. The van der Waals surface area contributed by atoms with Crippen LogP contribution in [0.15, 0.2) is 41.3 Å². The Morgan fingerprint density at radius 3 is 2.31 bits per heavy atom. The highest BCUT2D eigenvalue weighted by molar-refractivity contribution is 7.89.